The number of rotatable bonds is 28. The van der Waals surface area contributed by atoms with E-state index in [-0.39, 0.29) is 5.91 Å². The van der Waals surface area contributed by atoms with Gasteiger partial charge < -0.3 is 43.5 Å². The van der Waals surface area contributed by atoms with E-state index in [0.29, 0.717) is 91.6 Å². The number of aromatic amines is 1. The van der Waals surface area contributed by atoms with Crippen molar-refractivity contribution in [1.82, 2.24) is 35.3 Å². The average molecular weight is 774 g/mol. The summed E-state index contributed by atoms with van der Waals surface area (Å²) in [6.45, 7) is 13.5. The van der Waals surface area contributed by atoms with Crippen LogP contribution in [0.1, 0.15) is 50.1 Å². The van der Waals surface area contributed by atoms with Gasteiger partial charge in [0.25, 0.3) is 0 Å². The lowest BCUT2D eigenvalue weighted by molar-refractivity contribution is -0.121. The summed E-state index contributed by atoms with van der Waals surface area (Å²) in [7, 11) is 3.31. The summed E-state index contributed by atoms with van der Waals surface area (Å²) in [6.07, 6.45) is 6.05. The van der Waals surface area contributed by atoms with E-state index in [1.807, 2.05) is 48.1 Å². The molecular formula is C38H59N7O8S. The molecule has 0 saturated heterocycles. The number of nitrogens with zero attached hydrogens (tertiary/aromatic N) is 5. The molecule has 15 nitrogen and oxygen atoms in total. The number of aryl methyl sites for hydroxylation is 1. The molecule has 0 saturated carbocycles. The van der Waals surface area contributed by atoms with E-state index in [0.717, 1.165) is 64.0 Å². The van der Waals surface area contributed by atoms with Crippen molar-refractivity contribution in [3.05, 3.63) is 59.7 Å². The highest BCUT2D eigenvalue weighted by atomic mass is 32.2. The lowest BCUT2D eigenvalue weighted by atomic mass is 10.1. The van der Waals surface area contributed by atoms with Crippen LogP contribution in [0.4, 0.5) is 0 Å². The van der Waals surface area contributed by atoms with E-state index in [9.17, 15) is 4.79 Å². The number of thioether (sulfide) groups is 1. The van der Waals surface area contributed by atoms with E-state index in [2.05, 4.69) is 44.4 Å². The van der Waals surface area contributed by atoms with Gasteiger partial charge in [-0.15, -0.1) is 5.10 Å². The van der Waals surface area contributed by atoms with E-state index < -0.39 is 0 Å². The van der Waals surface area contributed by atoms with E-state index in [1.165, 1.54) is 0 Å². The number of hydrogen-bond acceptors (Lipinski definition) is 13. The number of imidazole rings is 1. The fourth-order valence-corrected chi connectivity index (χ4v) is 5.54. The van der Waals surface area contributed by atoms with Crippen molar-refractivity contribution in [2.75, 3.05) is 86.8 Å². The second kappa shape index (κ2) is 27.9. The number of carbonyl (C=O) groups is 1. The van der Waals surface area contributed by atoms with Crippen molar-refractivity contribution in [2.45, 2.75) is 64.1 Å². The Kier molecular flexibility index (Phi) is 23.1. The maximum Gasteiger partial charge on any atom is 0.222 e. The lowest BCUT2D eigenvalue weighted by Gasteiger charge is -2.11. The van der Waals surface area contributed by atoms with Gasteiger partial charge in [0.1, 0.15) is 11.4 Å². The molecule has 2 N–H and O–H groups in total. The Morgan fingerprint density at radius 2 is 1.59 bits per heavy atom. The molecule has 0 aliphatic rings. The van der Waals surface area contributed by atoms with Crippen molar-refractivity contribution in [2.24, 2.45) is 5.92 Å². The van der Waals surface area contributed by atoms with Crippen LogP contribution in [0.25, 0.3) is 11.0 Å². The van der Waals surface area contributed by atoms with E-state index >= 15 is 0 Å². The van der Waals surface area contributed by atoms with Gasteiger partial charge in [0, 0.05) is 57.7 Å². The fourth-order valence-electron chi connectivity index (χ4n) is 4.63. The summed E-state index contributed by atoms with van der Waals surface area (Å²) in [5.74, 6) is 2.26. The first-order valence-electron chi connectivity index (χ1n) is 18.5. The first-order valence-corrected chi connectivity index (χ1v) is 19.5. The zero-order valence-electron chi connectivity index (χ0n) is 32.5. The minimum absolute atomic E-state index is 0.0281. The molecule has 4 rings (SSSR count). The van der Waals surface area contributed by atoms with Crippen LogP contribution < -0.4 is 10.1 Å². The van der Waals surface area contributed by atoms with Crippen LogP contribution in [0.2, 0.25) is 0 Å². The first-order chi connectivity index (χ1) is 26.4. The molecule has 0 fully saturated rings. The van der Waals surface area contributed by atoms with Gasteiger partial charge in [-0.25, -0.2) is 4.98 Å². The van der Waals surface area contributed by atoms with Gasteiger partial charge in [-0.2, -0.15) is 0 Å². The molecular weight excluding hydrogens is 715 g/mol. The Morgan fingerprint density at radius 1 is 0.907 bits per heavy atom. The van der Waals surface area contributed by atoms with Crippen LogP contribution in [0, 0.1) is 12.8 Å². The van der Waals surface area contributed by atoms with Crippen molar-refractivity contribution in [1.29, 1.82) is 0 Å². The highest BCUT2D eigenvalue weighted by Crippen LogP contribution is 2.27. The quantitative estimate of drug-likeness (QED) is 0.0585. The molecule has 0 spiro atoms. The average Bonchev–Trinajstić information content (AvgIpc) is 3.82. The van der Waals surface area contributed by atoms with Crippen LogP contribution in [0.5, 0.6) is 5.75 Å². The predicted molar refractivity (Wildman–Crippen MR) is 208 cm³/mol. The summed E-state index contributed by atoms with van der Waals surface area (Å²) < 4.78 is 39.8. The molecule has 3 aromatic heterocycles. The highest BCUT2D eigenvalue weighted by molar-refractivity contribution is 7.98. The molecule has 0 unspecified atom stereocenters. The number of para-hydroxylation sites is 2. The van der Waals surface area contributed by atoms with Gasteiger partial charge in [0.05, 0.1) is 95.6 Å². The maximum absolute atomic E-state index is 11.0. The molecule has 0 aliphatic carbocycles. The summed E-state index contributed by atoms with van der Waals surface area (Å²) in [6, 6.07) is 9.95. The molecule has 0 aliphatic heterocycles. The zero-order valence-corrected chi connectivity index (χ0v) is 33.4. The van der Waals surface area contributed by atoms with Gasteiger partial charge in [-0.05, 0) is 37.5 Å². The number of carbonyl (C=O) groups excluding carboxylic acids is 1. The number of pyridine rings is 1. The topological polar surface area (TPSA) is 166 Å². The molecule has 0 bridgehead atoms. The summed E-state index contributed by atoms with van der Waals surface area (Å²) >= 11 is 1.65. The van der Waals surface area contributed by atoms with E-state index in [1.54, 1.807) is 32.1 Å². The fraction of sp³-hybridized carbons (Fsp3) is 0.605. The molecule has 3 heterocycles. The monoisotopic (exact) mass is 773 g/mol. The maximum atomic E-state index is 11.0. The van der Waals surface area contributed by atoms with Gasteiger partial charge in [-0.1, -0.05) is 43.0 Å². The number of H-pyrrole nitrogens is 1. The number of fused-ring (bicyclic) bond motifs is 1. The summed E-state index contributed by atoms with van der Waals surface area (Å²) in [5.41, 5.74) is 4.97. The molecule has 1 aromatic carbocycles. The number of amides is 1. The van der Waals surface area contributed by atoms with Crippen LogP contribution in [0.15, 0.2) is 47.9 Å². The van der Waals surface area contributed by atoms with Gasteiger partial charge in [-0.3, -0.25) is 14.5 Å². The van der Waals surface area contributed by atoms with Crippen molar-refractivity contribution < 1.29 is 38.0 Å². The standard InChI is InChI=1S/C20H38N4O6.C18H21N3O2S/c1-18(2)4-6-24-16-19(22-23-24)17-30-15-14-29-13-12-28-11-10-27-9-8-26-7-5-20(25)21-3;1-13-16(19-9-8-17(13)23-11-5-10-22-2)12-24-18-20-14-6-3-4-7-15(14)21-18/h16,18H,4-15,17H2,1-3H3,(H,21,25);3-4,6-9H,5,10-12H2,1-2H3,(H,20,21). The van der Waals surface area contributed by atoms with Crippen LogP contribution in [-0.4, -0.2) is 123 Å². The normalized spacial score (nSPS) is 11.2. The molecule has 0 radical (unpaired) electrons. The molecule has 1 amide bonds. The summed E-state index contributed by atoms with van der Waals surface area (Å²) in [5, 5.41) is 11.6. The molecule has 4 aromatic rings. The molecule has 300 valence electrons. The van der Waals surface area contributed by atoms with Crippen molar-refractivity contribution in [3.63, 3.8) is 0 Å². The van der Waals surface area contributed by atoms with Crippen molar-refractivity contribution >= 4 is 28.7 Å². The second-order valence-electron chi connectivity index (χ2n) is 12.5. The number of hydrogen-bond donors (Lipinski definition) is 2. The van der Waals surface area contributed by atoms with E-state index in [4.69, 9.17) is 33.2 Å². The number of benzene rings is 1. The Balaban J connectivity index is 0.000000296. The molecule has 54 heavy (non-hydrogen) atoms. The second-order valence-corrected chi connectivity index (χ2v) is 13.5. The van der Waals surface area contributed by atoms with Gasteiger partial charge in [0.2, 0.25) is 5.91 Å². The number of aromatic nitrogens is 6. The first kappa shape index (κ1) is 44.8. The highest BCUT2D eigenvalue weighted by Gasteiger charge is 2.10. The Morgan fingerprint density at radius 3 is 2.26 bits per heavy atom. The largest absolute Gasteiger partial charge is 0.493 e. The number of ether oxygens (including phenoxy) is 7. The lowest BCUT2D eigenvalue weighted by Crippen LogP contribution is -2.20. The number of nitrogens with one attached hydrogen (secondary N) is 2. The minimum atomic E-state index is -0.0281. The predicted octanol–water partition coefficient (Wildman–Crippen LogP) is 5.02. The SMILES string of the molecule is CNC(=O)CCOCCOCCOCCOCCOCc1cn(CCC(C)C)nn1.COCCCOc1ccnc(CSc2nc3ccccc3[nH]2)c1C. The van der Waals surface area contributed by atoms with Crippen LogP contribution >= 0.6 is 11.8 Å². The third-order valence-electron chi connectivity index (χ3n) is 7.73. The van der Waals surface area contributed by atoms with Gasteiger partial charge >= 0.3 is 0 Å². The Bertz CT molecular complexity index is 1540. The Hall–Kier alpha value is -3.64. The zero-order chi connectivity index (χ0) is 38.6. The smallest absolute Gasteiger partial charge is 0.222 e. The van der Waals surface area contributed by atoms with Crippen LogP contribution in [-0.2, 0) is 52.1 Å². The van der Waals surface area contributed by atoms with Crippen LogP contribution in [0.3, 0.4) is 0 Å². The minimum Gasteiger partial charge on any atom is -0.493 e. The molecule has 16 heteroatoms. The molecule has 0 atom stereocenters. The summed E-state index contributed by atoms with van der Waals surface area (Å²) in [4.78, 5) is 23.4. The Labute approximate surface area is 323 Å². The number of methoxy groups -OCH3 is 1. The van der Waals surface area contributed by atoms with Crippen molar-refractivity contribution in [3.8, 4) is 5.75 Å². The third-order valence-corrected chi connectivity index (χ3v) is 8.62. The third kappa shape index (κ3) is 19.1. The van der Waals surface area contributed by atoms with Gasteiger partial charge in [0.15, 0.2) is 5.16 Å².